The van der Waals surface area contributed by atoms with Gasteiger partial charge in [-0.15, -0.1) is 0 Å². The van der Waals surface area contributed by atoms with Crippen LogP contribution in [0.25, 0.3) is 11.3 Å². The third kappa shape index (κ3) is 5.28. The summed E-state index contributed by atoms with van der Waals surface area (Å²) in [4.78, 5) is 23.4. The van der Waals surface area contributed by atoms with Crippen LogP contribution >= 0.6 is 28.1 Å². The predicted molar refractivity (Wildman–Crippen MR) is 116 cm³/mol. The minimum Gasteiger partial charge on any atom is -0.451 e. The van der Waals surface area contributed by atoms with Crippen molar-refractivity contribution in [3.63, 3.8) is 0 Å². The Labute approximate surface area is 175 Å². The van der Waals surface area contributed by atoms with Crippen LogP contribution in [0.3, 0.4) is 0 Å². The van der Waals surface area contributed by atoms with E-state index in [-0.39, 0.29) is 22.7 Å². The van der Waals surface area contributed by atoms with Gasteiger partial charge in [-0.1, -0.05) is 28.1 Å². The first-order valence-corrected chi connectivity index (χ1v) is 9.46. The molecule has 6 nitrogen and oxygen atoms in total. The maximum absolute atomic E-state index is 12.4. The number of nitrogens with one attached hydrogen (secondary N) is 3. The van der Waals surface area contributed by atoms with Crippen LogP contribution in [0.4, 0.5) is 11.4 Å². The summed E-state index contributed by atoms with van der Waals surface area (Å²) in [5.74, 6) is 0.232. The summed E-state index contributed by atoms with van der Waals surface area (Å²) in [5, 5.41) is 8.33. The highest BCUT2D eigenvalue weighted by Gasteiger charge is 2.12. The molecule has 0 saturated heterocycles. The second-order valence-corrected chi connectivity index (χ2v) is 7.16. The van der Waals surface area contributed by atoms with Gasteiger partial charge in [0.2, 0.25) is 5.91 Å². The Morgan fingerprint density at radius 2 is 1.50 bits per heavy atom. The summed E-state index contributed by atoms with van der Waals surface area (Å²) >= 11 is 8.39. The van der Waals surface area contributed by atoms with E-state index in [0.717, 1.165) is 10.0 Å². The molecule has 2 aromatic carbocycles. The molecule has 142 valence electrons. The van der Waals surface area contributed by atoms with Gasteiger partial charge in [0.05, 0.1) is 0 Å². The van der Waals surface area contributed by atoms with Crippen molar-refractivity contribution in [2.24, 2.45) is 0 Å². The van der Waals surface area contributed by atoms with Gasteiger partial charge in [0.1, 0.15) is 5.76 Å². The molecule has 3 aromatic rings. The van der Waals surface area contributed by atoms with Crippen LogP contribution in [-0.4, -0.2) is 16.9 Å². The van der Waals surface area contributed by atoms with Crippen LogP contribution in [0, 0.1) is 0 Å². The first-order valence-electron chi connectivity index (χ1n) is 8.26. The van der Waals surface area contributed by atoms with Gasteiger partial charge >= 0.3 is 0 Å². The fourth-order valence-corrected chi connectivity index (χ4v) is 2.91. The number of anilines is 2. The molecule has 0 bridgehead atoms. The molecule has 28 heavy (non-hydrogen) atoms. The number of amides is 2. The van der Waals surface area contributed by atoms with Gasteiger partial charge in [-0.25, -0.2) is 0 Å². The largest absolute Gasteiger partial charge is 0.451 e. The molecule has 0 aliphatic carbocycles. The molecule has 0 unspecified atom stereocenters. The monoisotopic (exact) mass is 457 g/mol. The van der Waals surface area contributed by atoms with E-state index >= 15 is 0 Å². The summed E-state index contributed by atoms with van der Waals surface area (Å²) in [6.07, 6.45) is 0. The lowest BCUT2D eigenvalue weighted by molar-refractivity contribution is -0.117. The number of carbonyl (C=O) groups excluding carboxylic acids is 2. The van der Waals surface area contributed by atoms with Gasteiger partial charge in [0.25, 0.3) is 5.91 Å². The van der Waals surface area contributed by atoms with Crippen molar-refractivity contribution in [1.82, 2.24) is 5.32 Å². The Kier molecular flexibility index (Phi) is 6.23. The second kappa shape index (κ2) is 8.81. The standard InChI is InChI=1S/C20H16BrN3O3S/c1-12(25)22-20(28)24-16-8-6-15(7-9-16)23-19(26)18-11-10-17(27-18)13-2-4-14(21)5-3-13/h2-11H,1H3,(H,23,26)(H2,22,24,25,28). The average Bonchev–Trinajstić information content (AvgIpc) is 3.13. The normalized spacial score (nSPS) is 10.2. The van der Waals surface area contributed by atoms with Crippen LogP contribution in [0.5, 0.6) is 0 Å². The minimum absolute atomic E-state index is 0.209. The highest BCUT2D eigenvalue weighted by atomic mass is 79.9. The van der Waals surface area contributed by atoms with Crippen molar-refractivity contribution >= 4 is 56.4 Å². The van der Waals surface area contributed by atoms with E-state index in [1.807, 2.05) is 24.3 Å². The topological polar surface area (TPSA) is 83.4 Å². The highest BCUT2D eigenvalue weighted by Crippen LogP contribution is 2.24. The smallest absolute Gasteiger partial charge is 0.291 e. The number of halogens is 1. The van der Waals surface area contributed by atoms with Crippen molar-refractivity contribution in [1.29, 1.82) is 0 Å². The van der Waals surface area contributed by atoms with Crippen LogP contribution in [0.2, 0.25) is 0 Å². The van der Waals surface area contributed by atoms with E-state index in [2.05, 4.69) is 31.9 Å². The van der Waals surface area contributed by atoms with Crippen molar-refractivity contribution in [3.8, 4) is 11.3 Å². The Morgan fingerprint density at radius 3 is 2.11 bits per heavy atom. The first kappa shape index (κ1) is 19.8. The zero-order chi connectivity index (χ0) is 20.1. The molecule has 1 heterocycles. The van der Waals surface area contributed by atoms with Crippen LogP contribution in [-0.2, 0) is 4.79 Å². The maximum atomic E-state index is 12.4. The van der Waals surface area contributed by atoms with E-state index in [4.69, 9.17) is 16.6 Å². The number of carbonyl (C=O) groups is 2. The molecule has 0 aliphatic rings. The quantitative estimate of drug-likeness (QED) is 0.490. The molecule has 0 radical (unpaired) electrons. The number of thiocarbonyl (C=S) groups is 1. The Bertz CT molecular complexity index is 1010. The highest BCUT2D eigenvalue weighted by molar-refractivity contribution is 9.10. The van der Waals surface area contributed by atoms with Crippen LogP contribution in [0.1, 0.15) is 17.5 Å². The molecule has 8 heteroatoms. The molecule has 1 aromatic heterocycles. The third-order valence-corrected chi connectivity index (χ3v) is 4.38. The molecule has 0 saturated carbocycles. The molecule has 0 aliphatic heterocycles. The molecular weight excluding hydrogens is 442 g/mol. The molecule has 3 N–H and O–H groups in total. The van der Waals surface area contributed by atoms with E-state index in [1.54, 1.807) is 36.4 Å². The third-order valence-electron chi connectivity index (χ3n) is 3.65. The van der Waals surface area contributed by atoms with E-state index in [9.17, 15) is 9.59 Å². The Balaban J connectivity index is 1.62. The molecule has 0 atom stereocenters. The SMILES string of the molecule is CC(=O)NC(=S)Nc1ccc(NC(=O)c2ccc(-c3ccc(Br)cc3)o2)cc1. The predicted octanol–water partition coefficient (Wildman–Crippen LogP) is 4.79. The number of benzene rings is 2. The number of rotatable bonds is 4. The summed E-state index contributed by atoms with van der Waals surface area (Å²) in [6.45, 7) is 1.38. The average molecular weight is 458 g/mol. The van der Waals surface area contributed by atoms with Gasteiger partial charge in [0, 0.05) is 28.3 Å². The van der Waals surface area contributed by atoms with Crippen molar-refractivity contribution in [3.05, 3.63) is 70.9 Å². The lowest BCUT2D eigenvalue weighted by atomic mass is 10.2. The molecule has 2 amide bonds. The van der Waals surface area contributed by atoms with Gasteiger partial charge in [0.15, 0.2) is 10.9 Å². The van der Waals surface area contributed by atoms with Gasteiger partial charge < -0.3 is 20.4 Å². The van der Waals surface area contributed by atoms with Crippen LogP contribution < -0.4 is 16.0 Å². The summed E-state index contributed by atoms with van der Waals surface area (Å²) < 4.78 is 6.63. The summed E-state index contributed by atoms with van der Waals surface area (Å²) in [5.41, 5.74) is 2.17. The fourth-order valence-electron chi connectivity index (χ4n) is 2.38. The van der Waals surface area contributed by atoms with Crippen molar-refractivity contribution in [2.45, 2.75) is 6.92 Å². The van der Waals surface area contributed by atoms with Crippen molar-refractivity contribution in [2.75, 3.05) is 10.6 Å². The summed E-state index contributed by atoms with van der Waals surface area (Å²) in [7, 11) is 0. The van der Waals surface area contributed by atoms with Crippen LogP contribution in [0.15, 0.2) is 69.6 Å². The number of furan rings is 1. The fraction of sp³-hybridized carbons (Fsp3) is 0.0500. The molecule has 3 rings (SSSR count). The second-order valence-electron chi connectivity index (χ2n) is 5.84. The number of hydrogen-bond acceptors (Lipinski definition) is 4. The van der Waals surface area contributed by atoms with E-state index in [0.29, 0.717) is 17.1 Å². The Morgan fingerprint density at radius 1 is 0.893 bits per heavy atom. The first-order chi connectivity index (χ1) is 13.4. The lowest BCUT2D eigenvalue weighted by Gasteiger charge is -2.09. The van der Waals surface area contributed by atoms with Gasteiger partial charge in [-0.2, -0.15) is 0 Å². The van der Waals surface area contributed by atoms with Gasteiger partial charge in [-0.05, 0) is 60.7 Å². The molecule has 0 fully saturated rings. The van der Waals surface area contributed by atoms with Gasteiger partial charge in [-0.3, -0.25) is 9.59 Å². The Hall–Kier alpha value is -2.97. The van der Waals surface area contributed by atoms with Crippen molar-refractivity contribution < 1.29 is 14.0 Å². The maximum Gasteiger partial charge on any atom is 0.291 e. The molecule has 0 spiro atoms. The zero-order valence-corrected chi connectivity index (χ0v) is 17.2. The van der Waals surface area contributed by atoms with E-state index in [1.165, 1.54) is 6.92 Å². The number of hydrogen-bond donors (Lipinski definition) is 3. The molecular formula is C20H16BrN3O3S. The minimum atomic E-state index is -0.349. The zero-order valence-electron chi connectivity index (χ0n) is 14.8. The summed E-state index contributed by atoms with van der Waals surface area (Å²) in [6, 6.07) is 17.9. The lowest BCUT2D eigenvalue weighted by Crippen LogP contribution is -2.32. The van der Waals surface area contributed by atoms with E-state index < -0.39 is 0 Å².